The predicted octanol–water partition coefficient (Wildman–Crippen LogP) is 5.72. The van der Waals surface area contributed by atoms with Gasteiger partial charge in [0.1, 0.15) is 12.4 Å². The summed E-state index contributed by atoms with van der Waals surface area (Å²) in [7, 11) is 1.62. The van der Waals surface area contributed by atoms with Crippen molar-refractivity contribution < 1.29 is 29.3 Å². The van der Waals surface area contributed by atoms with Gasteiger partial charge in [-0.15, -0.1) is 36.3 Å². The maximum absolute atomic E-state index is 5.36. The Balaban J connectivity index is 0.000000180. The summed E-state index contributed by atoms with van der Waals surface area (Å²) in [6, 6.07) is 23.8. The number of hydrogen-bond acceptors (Lipinski definition) is 7. The van der Waals surface area contributed by atoms with E-state index >= 15 is 0 Å². The Morgan fingerprint density at radius 1 is 0.767 bits per heavy atom. The van der Waals surface area contributed by atoms with Gasteiger partial charge >= 0.3 is 19.8 Å². The summed E-state index contributed by atoms with van der Waals surface area (Å²) < 4.78 is 14.0. The van der Waals surface area contributed by atoms with E-state index in [1.54, 1.807) is 65.7 Å². The van der Waals surface area contributed by atoms with Crippen molar-refractivity contribution in [3.63, 3.8) is 0 Å². The van der Waals surface area contributed by atoms with Gasteiger partial charge < -0.3 is 14.5 Å². The molecule has 0 unspecified atom stereocenters. The topological polar surface area (TPSA) is 92.8 Å². The minimum absolute atomic E-state index is 0. The third-order valence-electron chi connectivity index (χ3n) is 5.62. The van der Waals surface area contributed by atoms with E-state index in [9.17, 15) is 0 Å². The number of pyridine rings is 3. The first-order valence-electron chi connectivity index (χ1n) is 13.0. The predicted molar refractivity (Wildman–Crippen MR) is 162 cm³/mol. The van der Waals surface area contributed by atoms with Crippen molar-refractivity contribution in [3.05, 3.63) is 127 Å². The molecule has 0 atom stereocenters. The third-order valence-corrected chi connectivity index (χ3v) is 5.62. The average molecular weight is 747 g/mol. The van der Waals surface area contributed by atoms with Crippen LogP contribution >= 0.6 is 0 Å². The SMILES string of the molecule is C#CCOc1cc[c-]c(-c2cc(OC)ccn2)c1.Cc1ccnc(-n2cccn2)c1.Cc1ccnc(-n2cccn2)c1.[Os+]. The molecule has 0 aliphatic carbocycles. The zero-order valence-corrected chi connectivity index (χ0v) is 26.5. The Labute approximate surface area is 264 Å². The Bertz CT molecular complexity index is 1640. The molecule has 0 saturated heterocycles. The maximum Gasteiger partial charge on any atom is 1.00 e. The van der Waals surface area contributed by atoms with Crippen LogP contribution in [0.4, 0.5) is 0 Å². The van der Waals surface area contributed by atoms with Crippen LogP contribution in [0.15, 0.2) is 110 Å². The van der Waals surface area contributed by atoms with Gasteiger partial charge in [0, 0.05) is 49.1 Å². The fraction of sp³-hybridized carbons (Fsp3) is 0.121. The van der Waals surface area contributed by atoms with Crippen molar-refractivity contribution in [2.75, 3.05) is 13.7 Å². The van der Waals surface area contributed by atoms with Gasteiger partial charge in [-0.3, -0.25) is 0 Å². The van der Waals surface area contributed by atoms with Crippen molar-refractivity contribution in [2.45, 2.75) is 13.8 Å². The van der Waals surface area contributed by atoms with Crippen LogP contribution in [0.25, 0.3) is 22.9 Å². The number of hydrogen-bond donors (Lipinski definition) is 0. The number of nitrogens with zero attached hydrogens (tertiary/aromatic N) is 7. The Hall–Kier alpha value is -5.11. The monoisotopic (exact) mass is 748 g/mol. The molecular formula is C33H30N7O2Os. The smallest absolute Gasteiger partial charge is 0.500 e. The minimum Gasteiger partial charge on any atom is -0.500 e. The number of methoxy groups -OCH3 is 1. The second-order valence-corrected chi connectivity index (χ2v) is 8.80. The molecule has 217 valence electrons. The molecule has 43 heavy (non-hydrogen) atoms. The molecule has 0 bridgehead atoms. The van der Waals surface area contributed by atoms with Crippen LogP contribution in [0.3, 0.4) is 0 Å². The fourth-order valence-corrected chi connectivity index (χ4v) is 3.59. The van der Waals surface area contributed by atoms with Crippen molar-refractivity contribution >= 4 is 0 Å². The molecule has 5 heterocycles. The molecule has 6 rings (SSSR count). The number of benzene rings is 1. The van der Waals surface area contributed by atoms with Gasteiger partial charge in [0.15, 0.2) is 11.6 Å². The summed E-state index contributed by atoms with van der Waals surface area (Å²) in [5, 5.41) is 8.16. The standard InChI is InChI=1S/C15H12NO2.2C9H9N3.Os/c1-3-9-18-14-6-4-5-12(10-14)15-11-13(17-2)7-8-16-15;2*1-8-3-5-10-9(7-8)12-6-2-4-11-12;/h1,4,6-8,10-11H,9H2,2H3;2*2-7H,1H3;/q-1;;;+1. The van der Waals surface area contributed by atoms with E-state index in [1.165, 1.54) is 11.1 Å². The molecule has 0 aliphatic heterocycles. The quantitative estimate of drug-likeness (QED) is 0.159. The molecule has 9 nitrogen and oxygen atoms in total. The number of terminal acetylenes is 1. The van der Waals surface area contributed by atoms with Crippen LogP contribution in [0.5, 0.6) is 11.5 Å². The van der Waals surface area contributed by atoms with Gasteiger partial charge in [-0.05, 0) is 79.2 Å². The summed E-state index contributed by atoms with van der Waals surface area (Å²) >= 11 is 0. The first-order chi connectivity index (χ1) is 20.6. The van der Waals surface area contributed by atoms with Crippen molar-refractivity contribution in [3.8, 4) is 46.7 Å². The van der Waals surface area contributed by atoms with E-state index < -0.39 is 0 Å². The van der Waals surface area contributed by atoms with Crippen molar-refractivity contribution in [1.82, 2.24) is 34.5 Å². The molecule has 1 aromatic carbocycles. The molecule has 10 heteroatoms. The Morgan fingerprint density at radius 3 is 1.88 bits per heavy atom. The van der Waals surface area contributed by atoms with E-state index in [0.29, 0.717) is 5.75 Å². The van der Waals surface area contributed by atoms with Crippen LogP contribution in [0.2, 0.25) is 0 Å². The Kier molecular flexibility index (Phi) is 12.8. The minimum atomic E-state index is 0. The van der Waals surface area contributed by atoms with Gasteiger partial charge in [-0.1, -0.05) is 5.92 Å². The first kappa shape index (κ1) is 32.4. The molecular weight excluding hydrogens is 717 g/mol. The summed E-state index contributed by atoms with van der Waals surface area (Å²) in [4.78, 5) is 12.6. The molecule has 6 aromatic rings. The van der Waals surface area contributed by atoms with E-state index in [4.69, 9.17) is 15.9 Å². The number of aromatic nitrogens is 7. The van der Waals surface area contributed by atoms with Crippen molar-refractivity contribution in [2.24, 2.45) is 0 Å². The number of aryl methyl sites for hydroxylation is 2. The van der Waals surface area contributed by atoms with Gasteiger partial charge in [0.2, 0.25) is 0 Å². The molecule has 0 N–H and O–H groups in total. The number of rotatable bonds is 6. The van der Waals surface area contributed by atoms with Crippen molar-refractivity contribution in [1.29, 1.82) is 0 Å². The van der Waals surface area contributed by atoms with E-state index in [1.807, 2.05) is 74.8 Å². The molecule has 5 aromatic heterocycles. The summed E-state index contributed by atoms with van der Waals surface area (Å²) in [6.07, 6.45) is 17.6. The summed E-state index contributed by atoms with van der Waals surface area (Å²) in [5.74, 6) is 5.60. The maximum atomic E-state index is 5.36. The van der Waals surface area contributed by atoms with E-state index in [0.717, 1.165) is 28.6 Å². The second kappa shape index (κ2) is 17.0. The average Bonchev–Trinajstić information content (AvgIpc) is 3.77. The van der Waals surface area contributed by atoms with Gasteiger partial charge in [0.25, 0.3) is 0 Å². The number of ether oxygens (including phenoxy) is 2. The van der Waals surface area contributed by atoms with E-state index in [-0.39, 0.29) is 26.4 Å². The normalized spacial score (nSPS) is 9.63. The molecule has 0 aliphatic rings. The fourth-order valence-electron chi connectivity index (χ4n) is 3.59. The first-order valence-corrected chi connectivity index (χ1v) is 13.0. The molecule has 0 amide bonds. The van der Waals surface area contributed by atoms with Gasteiger partial charge in [-0.25, -0.2) is 19.3 Å². The second-order valence-electron chi connectivity index (χ2n) is 8.80. The van der Waals surface area contributed by atoms with Crippen LogP contribution in [0.1, 0.15) is 11.1 Å². The zero-order valence-electron chi connectivity index (χ0n) is 24.0. The summed E-state index contributed by atoms with van der Waals surface area (Å²) in [5.41, 5.74) is 4.00. The molecule has 0 spiro atoms. The van der Waals surface area contributed by atoms with Gasteiger partial charge in [0.05, 0.1) is 7.11 Å². The zero-order chi connectivity index (χ0) is 29.6. The van der Waals surface area contributed by atoms with Crippen LogP contribution in [-0.4, -0.2) is 48.2 Å². The molecule has 1 radical (unpaired) electrons. The molecule has 0 saturated carbocycles. The van der Waals surface area contributed by atoms with Crippen LogP contribution in [0, 0.1) is 32.3 Å². The Morgan fingerprint density at radius 2 is 1.37 bits per heavy atom. The summed E-state index contributed by atoms with van der Waals surface area (Å²) in [6.45, 7) is 4.32. The van der Waals surface area contributed by atoms with E-state index in [2.05, 4.69) is 37.1 Å². The van der Waals surface area contributed by atoms with Crippen LogP contribution < -0.4 is 9.47 Å². The van der Waals surface area contributed by atoms with Gasteiger partial charge in [-0.2, -0.15) is 10.2 Å². The third kappa shape index (κ3) is 10.0. The molecule has 0 fully saturated rings. The van der Waals surface area contributed by atoms with Crippen LogP contribution in [-0.2, 0) is 19.8 Å². The largest absolute Gasteiger partial charge is 1.00 e.